The Morgan fingerprint density at radius 1 is 1.06 bits per heavy atom. The van der Waals surface area contributed by atoms with Gasteiger partial charge in [-0.2, -0.15) is 4.98 Å². The summed E-state index contributed by atoms with van der Waals surface area (Å²) in [5.41, 5.74) is 2.16. The Kier molecular flexibility index (Phi) is 5.14. The van der Waals surface area contributed by atoms with E-state index < -0.39 is 17.8 Å². The summed E-state index contributed by atoms with van der Waals surface area (Å²) in [4.78, 5) is 21.9. The van der Waals surface area contributed by atoms with E-state index in [0.717, 1.165) is 0 Å². The van der Waals surface area contributed by atoms with Gasteiger partial charge in [0, 0.05) is 23.0 Å². The van der Waals surface area contributed by atoms with Gasteiger partial charge < -0.3 is 10.6 Å². The molecule has 2 N–H and O–H groups in total. The first-order valence-corrected chi connectivity index (χ1v) is 10.2. The minimum atomic E-state index is -0.874. The lowest BCUT2D eigenvalue weighted by Gasteiger charge is -2.28. The van der Waals surface area contributed by atoms with Crippen LogP contribution in [0.15, 0.2) is 84.3 Å². The fraction of sp³-hybridized carbons (Fsp3) is 0.0833. The second-order valence-electron chi connectivity index (χ2n) is 7.49. The van der Waals surface area contributed by atoms with Crippen LogP contribution < -0.4 is 10.6 Å². The summed E-state index contributed by atoms with van der Waals surface area (Å²) in [6, 6.07) is 14.5. The van der Waals surface area contributed by atoms with Crippen LogP contribution >= 0.6 is 0 Å². The molecule has 0 aliphatic carbocycles. The molecule has 1 unspecified atom stereocenters. The van der Waals surface area contributed by atoms with E-state index in [2.05, 4.69) is 25.7 Å². The van der Waals surface area contributed by atoms with Gasteiger partial charge in [-0.05, 0) is 49.4 Å². The number of allylic oxidation sites excluding steroid dienone is 1. The van der Waals surface area contributed by atoms with Crippen LogP contribution in [0.2, 0.25) is 0 Å². The lowest BCUT2D eigenvalue weighted by atomic mass is 9.94. The monoisotopic (exact) mass is 444 g/mol. The number of hydrogen-bond donors (Lipinski definition) is 2. The highest BCUT2D eigenvalue weighted by atomic mass is 19.1. The van der Waals surface area contributed by atoms with Crippen molar-refractivity contribution in [3.05, 3.63) is 102 Å². The standard InChI is InChI=1S/C24H18F2N6O/c1-14-20(23(33)29-17-5-4-12-27-13-17)21(18-6-2-3-7-19(18)26)32-24(28-14)30-22(31-32)15-8-10-16(25)11-9-15/h2-13,21H,1H3,(H,29,33)(H,28,30,31). The molecule has 3 heterocycles. The Balaban J connectivity index is 1.62. The molecule has 9 heteroatoms. The van der Waals surface area contributed by atoms with E-state index in [1.807, 2.05) is 0 Å². The van der Waals surface area contributed by atoms with Gasteiger partial charge in [0.15, 0.2) is 5.82 Å². The maximum absolute atomic E-state index is 14.9. The number of anilines is 2. The lowest BCUT2D eigenvalue weighted by molar-refractivity contribution is -0.113. The second-order valence-corrected chi connectivity index (χ2v) is 7.49. The van der Waals surface area contributed by atoms with Crippen molar-refractivity contribution in [1.82, 2.24) is 19.7 Å². The van der Waals surface area contributed by atoms with Gasteiger partial charge >= 0.3 is 0 Å². The number of benzene rings is 2. The minimum Gasteiger partial charge on any atom is -0.328 e. The normalized spacial score (nSPS) is 15.1. The number of pyridine rings is 1. The molecule has 0 saturated carbocycles. The zero-order chi connectivity index (χ0) is 22.9. The summed E-state index contributed by atoms with van der Waals surface area (Å²) in [6.07, 6.45) is 3.12. The third kappa shape index (κ3) is 3.84. The van der Waals surface area contributed by atoms with Gasteiger partial charge in [0.1, 0.15) is 17.7 Å². The van der Waals surface area contributed by atoms with E-state index in [1.54, 1.807) is 55.6 Å². The van der Waals surface area contributed by atoms with Crippen molar-refractivity contribution in [2.45, 2.75) is 13.0 Å². The van der Waals surface area contributed by atoms with E-state index in [1.165, 1.54) is 29.1 Å². The van der Waals surface area contributed by atoms with Gasteiger partial charge in [-0.15, -0.1) is 5.10 Å². The van der Waals surface area contributed by atoms with Gasteiger partial charge in [0.2, 0.25) is 5.95 Å². The number of aromatic nitrogens is 4. The summed E-state index contributed by atoms with van der Waals surface area (Å²) in [5, 5.41) is 10.5. The van der Waals surface area contributed by atoms with Gasteiger partial charge in [-0.25, -0.2) is 13.5 Å². The molecule has 0 bridgehead atoms. The molecule has 1 aliphatic heterocycles. The molecule has 164 valence electrons. The Hall–Kier alpha value is -4.40. The Bertz CT molecular complexity index is 1370. The van der Waals surface area contributed by atoms with E-state index in [9.17, 15) is 13.6 Å². The first-order chi connectivity index (χ1) is 16.0. The number of rotatable bonds is 4. The largest absolute Gasteiger partial charge is 0.328 e. The molecule has 5 rings (SSSR count). The maximum Gasteiger partial charge on any atom is 0.255 e. The topological polar surface area (TPSA) is 84.7 Å². The third-order valence-electron chi connectivity index (χ3n) is 5.32. The summed E-state index contributed by atoms with van der Waals surface area (Å²) in [5.74, 6) is -0.616. The first-order valence-electron chi connectivity index (χ1n) is 10.2. The van der Waals surface area contributed by atoms with E-state index in [-0.39, 0.29) is 17.0 Å². The highest BCUT2D eigenvalue weighted by Crippen LogP contribution is 2.37. The number of halogens is 2. The lowest BCUT2D eigenvalue weighted by Crippen LogP contribution is -2.32. The van der Waals surface area contributed by atoms with Crippen molar-refractivity contribution in [2.75, 3.05) is 10.6 Å². The third-order valence-corrected chi connectivity index (χ3v) is 5.32. The fourth-order valence-corrected chi connectivity index (χ4v) is 3.79. The Morgan fingerprint density at radius 3 is 2.58 bits per heavy atom. The smallest absolute Gasteiger partial charge is 0.255 e. The first kappa shape index (κ1) is 20.5. The van der Waals surface area contributed by atoms with Gasteiger partial charge in [0.25, 0.3) is 5.91 Å². The second kappa shape index (κ2) is 8.27. The zero-order valence-corrected chi connectivity index (χ0v) is 17.5. The number of hydrogen-bond acceptors (Lipinski definition) is 5. The van der Waals surface area contributed by atoms with Crippen molar-refractivity contribution in [2.24, 2.45) is 0 Å². The van der Waals surface area contributed by atoms with Crippen LogP contribution in [-0.2, 0) is 4.79 Å². The number of nitrogens with zero attached hydrogens (tertiary/aromatic N) is 4. The van der Waals surface area contributed by atoms with Gasteiger partial charge in [-0.1, -0.05) is 18.2 Å². The van der Waals surface area contributed by atoms with Crippen LogP contribution in [0, 0.1) is 11.6 Å². The minimum absolute atomic E-state index is 0.270. The molecule has 7 nitrogen and oxygen atoms in total. The van der Waals surface area contributed by atoms with E-state index in [0.29, 0.717) is 28.7 Å². The molecule has 0 fully saturated rings. The van der Waals surface area contributed by atoms with Crippen LogP contribution in [0.5, 0.6) is 0 Å². The van der Waals surface area contributed by atoms with Crippen molar-refractivity contribution < 1.29 is 13.6 Å². The average Bonchev–Trinajstić information content (AvgIpc) is 3.23. The highest BCUT2D eigenvalue weighted by Gasteiger charge is 2.35. The van der Waals surface area contributed by atoms with Crippen LogP contribution in [-0.4, -0.2) is 25.7 Å². The SMILES string of the molecule is CC1=C(C(=O)Nc2cccnc2)C(c2ccccc2F)n2nc(-c3ccc(F)cc3)nc2N1. The van der Waals surface area contributed by atoms with Crippen LogP contribution in [0.1, 0.15) is 18.5 Å². The highest BCUT2D eigenvalue weighted by molar-refractivity contribution is 6.05. The van der Waals surface area contributed by atoms with E-state index >= 15 is 0 Å². The van der Waals surface area contributed by atoms with Crippen molar-refractivity contribution in [3.8, 4) is 11.4 Å². The average molecular weight is 444 g/mol. The van der Waals surface area contributed by atoms with Crippen molar-refractivity contribution in [1.29, 1.82) is 0 Å². The van der Waals surface area contributed by atoms with Gasteiger partial charge in [-0.3, -0.25) is 9.78 Å². The number of amides is 1. The summed E-state index contributed by atoms with van der Waals surface area (Å²) < 4.78 is 29.8. The molecule has 2 aromatic carbocycles. The molecule has 1 amide bonds. The van der Waals surface area contributed by atoms with Crippen molar-refractivity contribution >= 4 is 17.5 Å². The summed E-state index contributed by atoms with van der Waals surface area (Å²) in [7, 11) is 0. The predicted molar refractivity (Wildman–Crippen MR) is 119 cm³/mol. The quantitative estimate of drug-likeness (QED) is 0.483. The molecule has 4 aromatic rings. The molecule has 2 aromatic heterocycles. The zero-order valence-electron chi connectivity index (χ0n) is 17.5. The maximum atomic E-state index is 14.9. The van der Waals surface area contributed by atoms with Crippen LogP contribution in [0.4, 0.5) is 20.4 Å². The molecule has 1 atom stereocenters. The predicted octanol–water partition coefficient (Wildman–Crippen LogP) is 4.55. The number of carbonyl (C=O) groups is 1. The fourth-order valence-electron chi connectivity index (χ4n) is 3.79. The number of carbonyl (C=O) groups excluding carboxylic acids is 1. The Morgan fingerprint density at radius 2 is 1.85 bits per heavy atom. The van der Waals surface area contributed by atoms with Crippen LogP contribution in [0.25, 0.3) is 11.4 Å². The molecule has 0 radical (unpaired) electrons. The number of fused-ring (bicyclic) bond motifs is 1. The molecular weight excluding hydrogens is 426 g/mol. The molecule has 0 saturated heterocycles. The molecular formula is C24H18F2N6O. The van der Waals surface area contributed by atoms with Gasteiger partial charge in [0.05, 0.1) is 17.5 Å². The molecule has 0 spiro atoms. The van der Waals surface area contributed by atoms with Crippen molar-refractivity contribution in [3.63, 3.8) is 0 Å². The Labute approximate surface area is 187 Å². The number of nitrogens with one attached hydrogen (secondary N) is 2. The molecule has 33 heavy (non-hydrogen) atoms. The molecule has 1 aliphatic rings. The van der Waals surface area contributed by atoms with E-state index in [4.69, 9.17) is 0 Å². The van der Waals surface area contributed by atoms with Crippen LogP contribution in [0.3, 0.4) is 0 Å². The summed E-state index contributed by atoms with van der Waals surface area (Å²) >= 11 is 0. The summed E-state index contributed by atoms with van der Waals surface area (Å²) in [6.45, 7) is 1.72.